The molecule has 0 unspecified atom stereocenters. The van der Waals surface area contributed by atoms with Gasteiger partial charge >= 0.3 is 5.97 Å². The van der Waals surface area contributed by atoms with Crippen LogP contribution in [0.15, 0.2) is 23.1 Å². The smallest absolute Gasteiger partial charge is 0.339 e. The quantitative estimate of drug-likeness (QED) is 0.763. The van der Waals surface area contributed by atoms with E-state index in [0.717, 1.165) is 32.1 Å². The first-order valence-electron chi connectivity index (χ1n) is 8.27. The summed E-state index contributed by atoms with van der Waals surface area (Å²) < 4.78 is 33.1. The topological polar surface area (TPSA) is 63.7 Å². The molecule has 5 nitrogen and oxygen atoms in total. The van der Waals surface area contributed by atoms with Gasteiger partial charge in [-0.1, -0.05) is 24.4 Å². The van der Waals surface area contributed by atoms with Crippen LogP contribution in [-0.4, -0.2) is 37.9 Å². The van der Waals surface area contributed by atoms with Crippen LogP contribution in [0.25, 0.3) is 0 Å². The number of sulfonamides is 1. The molecule has 1 aliphatic heterocycles. The molecular weight excluding hydrogens is 350 g/mol. The van der Waals surface area contributed by atoms with Crippen molar-refractivity contribution in [2.45, 2.75) is 56.0 Å². The molecule has 2 aliphatic rings. The van der Waals surface area contributed by atoms with Crippen molar-refractivity contribution >= 4 is 27.6 Å². The average molecular weight is 372 g/mol. The number of hydrogen-bond acceptors (Lipinski definition) is 4. The molecule has 132 valence electrons. The Hall–Kier alpha value is -1.11. The summed E-state index contributed by atoms with van der Waals surface area (Å²) in [6, 6.07) is 4.21. The predicted octanol–water partition coefficient (Wildman–Crippen LogP) is 3.47. The monoisotopic (exact) mass is 371 g/mol. The average Bonchev–Trinajstić information content (AvgIpc) is 2.90. The summed E-state index contributed by atoms with van der Waals surface area (Å²) in [5.74, 6) is -0.262. The Balaban J connectivity index is 2.08. The number of esters is 1. The summed E-state index contributed by atoms with van der Waals surface area (Å²) in [4.78, 5) is 12.0. The maximum absolute atomic E-state index is 13.4. The van der Waals surface area contributed by atoms with E-state index >= 15 is 0 Å². The van der Waals surface area contributed by atoms with Crippen LogP contribution < -0.4 is 0 Å². The Kier molecular flexibility index (Phi) is 4.91. The Labute approximate surface area is 148 Å². The van der Waals surface area contributed by atoms with Crippen molar-refractivity contribution in [3.8, 4) is 0 Å². The van der Waals surface area contributed by atoms with Crippen molar-refractivity contribution < 1.29 is 17.9 Å². The van der Waals surface area contributed by atoms with Gasteiger partial charge in [0.15, 0.2) is 0 Å². The minimum atomic E-state index is -3.82. The molecule has 0 radical (unpaired) electrons. The van der Waals surface area contributed by atoms with E-state index in [0.29, 0.717) is 5.92 Å². The fourth-order valence-electron chi connectivity index (χ4n) is 4.18. The third kappa shape index (κ3) is 2.95. The maximum atomic E-state index is 13.4. The van der Waals surface area contributed by atoms with Crippen LogP contribution >= 0.6 is 11.6 Å². The molecule has 7 heteroatoms. The van der Waals surface area contributed by atoms with E-state index in [9.17, 15) is 13.2 Å². The Bertz CT molecular complexity index is 749. The fourth-order valence-corrected chi connectivity index (χ4v) is 6.55. The van der Waals surface area contributed by atoms with E-state index in [4.69, 9.17) is 16.3 Å². The van der Waals surface area contributed by atoms with Crippen molar-refractivity contribution in [1.29, 1.82) is 0 Å². The minimum Gasteiger partial charge on any atom is -0.465 e. The molecule has 1 aliphatic carbocycles. The van der Waals surface area contributed by atoms with E-state index in [2.05, 4.69) is 0 Å². The van der Waals surface area contributed by atoms with Crippen LogP contribution in [0.4, 0.5) is 0 Å². The van der Waals surface area contributed by atoms with Gasteiger partial charge < -0.3 is 4.74 Å². The van der Waals surface area contributed by atoms with Crippen molar-refractivity contribution in [1.82, 2.24) is 4.31 Å². The van der Waals surface area contributed by atoms with E-state index in [-0.39, 0.29) is 27.6 Å². The van der Waals surface area contributed by atoms with Crippen LogP contribution in [0.5, 0.6) is 0 Å². The van der Waals surface area contributed by atoms with Gasteiger partial charge in [0.1, 0.15) is 0 Å². The van der Waals surface area contributed by atoms with Gasteiger partial charge in [-0.2, -0.15) is 4.31 Å². The number of rotatable bonds is 3. The zero-order chi connectivity index (χ0) is 17.5. The summed E-state index contributed by atoms with van der Waals surface area (Å²) in [6.07, 6.45) is 5.02. The molecule has 0 amide bonds. The zero-order valence-corrected chi connectivity index (χ0v) is 15.4. The summed E-state index contributed by atoms with van der Waals surface area (Å²) in [5.41, 5.74) is 0.0355. The lowest BCUT2D eigenvalue weighted by Crippen LogP contribution is -2.42. The van der Waals surface area contributed by atoms with Crippen LogP contribution in [-0.2, 0) is 14.8 Å². The third-order valence-electron chi connectivity index (χ3n) is 5.18. The Morgan fingerprint density at radius 2 is 2.00 bits per heavy atom. The van der Waals surface area contributed by atoms with Crippen LogP contribution in [0.1, 0.15) is 49.4 Å². The molecule has 0 N–H and O–H groups in total. The van der Waals surface area contributed by atoms with Gasteiger partial charge in [0.05, 0.1) is 17.6 Å². The number of benzene rings is 1. The summed E-state index contributed by atoms with van der Waals surface area (Å²) in [6.45, 7) is 1.94. The number of fused-ring (bicyclic) bond motifs is 1. The molecule has 24 heavy (non-hydrogen) atoms. The number of hydrogen-bond donors (Lipinski definition) is 0. The fraction of sp³-hybridized carbons (Fsp3) is 0.588. The number of methoxy groups -OCH3 is 1. The second-order valence-electron chi connectivity index (χ2n) is 6.66. The number of nitrogens with zero attached hydrogens (tertiary/aromatic N) is 1. The third-order valence-corrected chi connectivity index (χ3v) is 7.49. The standard InChI is InChI=1S/C17H22ClNO4S/c1-11-9-12-5-3-4-6-15(12)19(11)24(21,22)16-10-13(18)7-8-14(16)17(20)23-2/h7-8,10-12,15H,3-6,9H2,1-2H3/t11-,12+,15-/m1/s1. The minimum absolute atomic E-state index is 0.0169. The summed E-state index contributed by atoms with van der Waals surface area (Å²) in [7, 11) is -2.58. The second kappa shape index (κ2) is 6.65. The van der Waals surface area contributed by atoms with Gasteiger partial charge in [0.2, 0.25) is 10.0 Å². The van der Waals surface area contributed by atoms with Crippen LogP contribution in [0.3, 0.4) is 0 Å². The number of carbonyl (C=O) groups excluding carboxylic acids is 1. The van der Waals surface area contributed by atoms with Gasteiger partial charge in [-0.25, -0.2) is 13.2 Å². The summed E-state index contributed by atoms with van der Waals surface area (Å²) in [5, 5.41) is 0.285. The lowest BCUT2D eigenvalue weighted by atomic mass is 9.85. The number of carbonyl (C=O) groups is 1. The lowest BCUT2D eigenvalue weighted by molar-refractivity contribution is 0.0596. The van der Waals surface area contributed by atoms with Crippen molar-refractivity contribution in [3.63, 3.8) is 0 Å². The second-order valence-corrected chi connectivity index (χ2v) is 8.91. The first-order valence-corrected chi connectivity index (χ1v) is 10.1. The molecule has 0 aromatic heterocycles. The van der Waals surface area contributed by atoms with Gasteiger partial charge in [-0.15, -0.1) is 0 Å². The van der Waals surface area contributed by atoms with E-state index < -0.39 is 16.0 Å². The molecule has 0 bridgehead atoms. The highest BCUT2D eigenvalue weighted by Crippen LogP contribution is 2.43. The van der Waals surface area contributed by atoms with Crippen molar-refractivity contribution in [3.05, 3.63) is 28.8 Å². The number of halogens is 1. The molecule has 1 saturated carbocycles. The van der Waals surface area contributed by atoms with Crippen LogP contribution in [0, 0.1) is 5.92 Å². The Morgan fingerprint density at radius 3 is 2.71 bits per heavy atom. The molecule has 0 spiro atoms. The predicted molar refractivity (Wildman–Crippen MR) is 91.6 cm³/mol. The molecular formula is C17H22ClNO4S. The largest absolute Gasteiger partial charge is 0.465 e. The molecule has 2 fully saturated rings. The molecule has 3 atom stereocenters. The highest BCUT2D eigenvalue weighted by Gasteiger charge is 2.47. The molecule has 1 aromatic rings. The maximum Gasteiger partial charge on any atom is 0.339 e. The molecule has 1 saturated heterocycles. The lowest BCUT2D eigenvalue weighted by Gasteiger charge is -2.32. The molecule has 1 heterocycles. The highest BCUT2D eigenvalue weighted by atomic mass is 35.5. The van der Waals surface area contributed by atoms with Gasteiger partial charge in [0, 0.05) is 17.1 Å². The van der Waals surface area contributed by atoms with Gasteiger partial charge in [0.25, 0.3) is 0 Å². The molecule has 3 rings (SSSR count). The van der Waals surface area contributed by atoms with Crippen molar-refractivity contribution in [2.75, 3.05) is 7.11 Å². The normalized spacial score (nSPS) is 27.7. The number of ether oxygens (including phenoxy) is 1. The van der Waals surface area contributed by atoms with Crippen molar-refractivity contribution in [2.24, 2.45) is 5.92 Å². The summed E-state index contributed by atoms with van der Waals surface area (Å²) >= 11 is 6.02. The Morgan fingerprint density at radius 1 is 1.29 bits per heavy atom. The first-order chi connectivity index (χ1) is 11.4. The van der Waals surface area contributed by atoms with Crippen LogP contribution in [0.2, 0.25) is 5.02 Å². The SMILES string of the molecule is COC(=O)c1ccc(Cl)cc1S(=O)(=O)N1[C@H](C)C[C@@H]2CCCC[C@H]21. The van der Waals surface area contributed by atoms with E-state index in [1.807, 2.05) is 6.92 Å². The van der Waals surface area contributed by atoms with Gasteiger partial charge in [-0.05, 0) is 50.3 Å². The zero-order valence-electron chi connectivity index (χ0n) is 13.9. The molecule has 1 aromatic carbocycles. The first kappa shape index (κ1) is 17.7. The van der Waals surface area contributed by atoms with E-state index in [1.165, 1.54) is 25.3 Å². The van der Waals surface area contributed by atoms with Gasteiger partial charge in [-0.3, -0.25) is 0 Å². The van der Waals surface area contributed by atoms with E-state index in [1.54, 1.807) is 4.31 Å². The highest BCUT2D eigenvalue weighted by molar-refractivity contribution is 7.89.